The lowest BCUT2D eigenvalue weighted by Crippen LogP contribution is -2.46. The van der Waals surface area contributed by atoms with Crippen LogP contribution in [-0.4, -0.2) is 29.2 Å². The Hall–Kier alpha value is -0.860. The van der Waals surface area contributed by atoms with Crippen molar-refractivity contribution < 1.29 is 5.11 Å². The fourth-order valence-electron chi connectivity index (χ4n) is 4.06. The van der Waals surface area contributed by atoms with E-state index in [1.165, 1.54) is 43.4 Å². The van der Waals surface area contributed by atoms with Crippen molar-refractivity contribution in [3.8, 4) is 0 Å². The summed E-state index contributed by atoms with van der Waals surface area (Å²) in [5.74, 6) is 0. The molecule has 2 aliphatic rings. The zero-order chi connectivity index (χ0) is 13.3. The molecule has 2 atom stereocenters. The van der Waals surface area contributed by atoms with Crippen molar-refractivity contribution in [3.05, 3.63) is 35.4 Å². The highest BCUT2D eigenvalue weighted by Crippen LogP contribution is 2.45. The Balaban J connectivity index is 1.69. The Morgan fingerprint density at radius 2 is 2.16 bits per heavy atom. The molecule has 19 heavy (non-hydrogen) atoms. The fourth-order valence-corrected chi connectivity index (χ4v) is 4.06. The van der Waals surface area contributed by atoms with Gasteiger partial charge < -0.3 is 5.11 Å². The predicted molar refractivity (Wildman–Crippen MR) is 78.0 cm³/mol. The van der Waals surface area contributed by atoms with E-state index in [1.807, 2.05) is 0 Å². The molecule has 0 amide bonds. The summed E-state index contributed by atoms with van der Waals surface area (Å²) in [6.45, 7) is 5.46. The number of aliphatic hydroxyl groups excluding tert-OH is 1. The first-order valence-corrected chi connectivity index (χ1v) is 7.64. The third-order valence-corrected chi connectivity index (χ3v) is 5.04. The van der Waals surface area contributed by atoms with Gasteiger partial charge in [-0.15, -0.1) is 0 Å². The van der Waals surface area contributed by atoms with Crippen LogP contribution in [0.3, 0.4) is 0 Å². The largest absolute Gasteiger partial charge is 0.393 e. The maximum atomic E-state index is 10.3. The Morgan fingerprint density at radius 3 is 2.89 bits per heavy atom. The number of rotatable bonds is 2. The van der Waals surface area contributed by atoms with Crippen LogP contribution in [-0.2, 0) is 6.54 Å². The third-order valence-electron chi connectivity index (χ3n) is 5.04. The number of likely N-dealkylation sites (tertiary alicyclic amines) is 1. The van der Waals surface area contributed by atoms with Gasteiger partial charge in [-0.1, -0.05) is 36.2 Å². The van der Waals surface area contributed by atoms with E-state index >= 15 is 0 Å². The molecule has 1 N–H and O–H groups in total. The van der Waals surface area contributed by atoms with Crippen LogP contribution in [0, 0.1) is 12.3 Å². The molecular weight excluding hydrogens is 234 g/mol. The molecule has 1 aromatic carbocycles. The summed E-state index contributed by atoms with van der Waals surface area (Å²) in [5, 5.41) is 10.3. The Labute approximate surface area is 116 Å². The molecule has 1 spiro atoms. The van der Waals surface area contributed by atoms with Gasteiger partial charge in [-0.3, -0.25) is 4.90 Å². The topological polar surface area (TPSA) is 23.5 Å². The van der Waals surface area contributed by atoms with Crippen molar-refractivity contribution in [2.24, 2.45) is 5.41 Å². The van der Waals surface area contributed by atoms with E-state index in [1.54, 1.807) is 0 Å². The van der Waals surface area contributed by atoms with Crippen LogP contribution in [0.15, 0.2) is 24.3 Å². The molecule has 1 aliphatic carbocycles. The van der Waals surface area contributed by atoms with Crippen molar-refractivity contribution in [2.45, 2.75) is 51.7 Å². The Morgan fingerprint density at radius 1 is 1.32 bits per heavy atom. The van der Waals surface area contributed by atoms with E-state index < -0.39 is 0 Å². The molecule has 1 saturated heterocycles. The third kappa shape index (κ3) is 2.70. The number of aryl methyl sites for hydroxylation is 1. The summed E-state index contributed by atoms with van der Waals surface area (Å²) in [5.41, 5.74) is 2.96. The van der Waals surface area contributed by atoms with Crippen molar-refractivity contribution in [1.29, 1.82) is 0 Å². The zero-order valence-electron chi connectivity index (χ0n) is 11.9. The van der Waals surface area contributed by atoms with Gasteiger partial charge >= 0.3 is 0 Å². The van der Waals surface area contributed by atoms with E-state index in [0.717, 1.165) is 19.5 Å². The highest BCUT2D eigenvalue weighted by Gasteiger charge is 2.44. The van der Waals surface area contributed by atoms with Crippen molar-refractivity contribution in [2.75, 3.05) is 13.1 Å². The number of benzene rings is 1. The molecule has 2 heteroatoms. The average molecular weight is 259 g/mol. The highest BCUT2D eigenvalue weighted by atomic mass is 16.3. The summed E-state index contributed by atoms with van der Waals surface area (Å²) < 4.78 is 0. The van der Waals surface area contributed by atoms with Crippen molar-refractivity contribution in [3.63, 3.8) is 0 Å². The van der Waals surface area contributed by atoms with E-state index in [4.69, 9.17) is 0 Å². The molecule has 2 fully saturated rings. The van der Waals surface area contributed by atoms with Crippen LogP contribution < -0.4 is 0 Å². The minimum Gasteiger partial charge on any atom is -0.393 e. The maximum absolute atomic E-state index is 10.3. The second-order valence-corrected chi connectivity index (χ2v) is 6.57. The van der Waals surface area contributed by atoms with Crippen LogP contribution >= 0.6 is 0 Å². The van der Waals surface area contributed by atoms with E-state index in [0.29, 0.717) is 0 Å². The van der Waals surface area contributed by atoms with Crippen molar-refractivity contribution in [1.82, 2.24) is 4.90 Å². The molecule has 0 radical (unpaired) electrons. The maximum Gasteiger partial charge on any atom is 0.0608 e. The summed E-state index contributed by atoms with van der Waals surface area (Å²) in [6, 6.07) is 8.81. The lowest BCUT2D eigenvalue weighted by molar-refractivity contribution is -0.0120. The molecule has 1 aliphatic heterocycles. The average Bonchev–Trinajstić information content (AvgIpc) is 2.71. The van der Waals surface area contributed by atoms with Gasteiger partial charge in [0.05, 0.1) is 6.10 Å². The number of nitrogens with zero attached hydrogens (tertiary/aromatic N) is 1. The monoisotopic (exact) mass is 259 g/mol. The molecule has 1 heterocycles. The molecular formula is C17H25NO. The standard InChI is InChI=1S/C17H25NO/c1-14-5-2-6-15(11-14)12-18-10-4-9-17(13-18)8-3-7-16(17)19/h2,5-6,11,16,19H,3-4,7-10,12-13H2,1H3/t16-,17-/m1/s1. The zero-order valence-corrected chi connectivity index (χ0v) is 11.9. The second-order valence-electron chi connectivity index (χ2n) is 6.57. The number of piperidine rings is 1. The first kappa shape index (κ1) is 13.1. The van der Waals surface area contributed by atoms with Gasteiger partial charge in [0, 0.05) is 18.5 Å². The molecule has 104 valence electrons. The van der Waals surface area contributed by atoms with Gasteiger partial charge in [0.2, 0.25) is 0 Å². The molecule has 3 rings (SSSR count). The molecule has 0 unspecified atom stereocenters. The highest BCUT2D eigenvalue weighted by molar-refractivity contribution is 5.22. The lowest BCUT2D eigenvalue weighted by Gasteiger charge is -2.42. The lowest BCUT2D eigenvalue weighted by atomic mass is 9.76. The summed E-state index contributed by atoms with van der Waals surface area (Å²) in [4.78, 5) is 2.55. The number of aliphatic hydroxyl groups is 1. The first-order chi connectivity index (χ1) is 9.18. The van der Waals surface area contributed by atoms with Gasteiger partial charge in [0.25, 0.3) is 0 Å². The first-order valence-electron chi connectivity index (χ1n) is 7.64. The van der Waals surface area contributed by atoms with Crippen LogP contribution in [0.25, 0.3) is 0 Å². The van der Waals surface area contributed by atoms with Gasteiger partial charge in [0.15, 0.2) is 0 Å². The van der Waals surface area contributed by atoms with Crippen LogP contribution in [0.4, 0.5) is 0 Å². The SMILES string of the molecule is Cc1cccc(CN2CCC[C@]3(CCC[C@H]3O)C2)c1. The molecule has 1 aromatic rings. The normalized spacial score (nSPS) is 32.0. The van der Waals surface area contributed by atoms with Gasteiger partial charge in [0.1, 0.15) is 0 Å². The van der Waals surface area contributed by atoms with Crippen LogP contribution in [0.2, 0.25) is 0 Å². The second kappa shape index (κ2) is 5.26. The molecule has 0 bridgehead atoms. The Kier molecular flexibility index (Phi) is 3.64. The Bertz CT molecular complexity index is 445. The fraction of sp³-hybridized carbons (Fsp3) is 0.647. The minimum absolute atomic E-state index is 0.0622. The van der Waals surface area contributed by atoms with Gasteiger partial charge in [-0.05, 0) is 44.7 Å². The minimum atomic E-state index is -0.0622. The van der Waals surface area contributed by atoms with E-state index in [-0.39, 0.29) is 11.5 Å². The quantitative estimate of drug-likeness (QED) is 0.882. The van der Waals surface area contributed by atoms with Crippen molar-refractivity contribution >= 4 is 0 Å². The summed E-state index contributed by atoms with van der Waals surface area (Å²) >= 11 is 0. The summed E-state index contributed by atoms with van der Waals surface area (Å²) in [7, 11) is 0. The number of hydrogen-bond donors (Lipinski definition) is 1. The predicted octanol–water partition coefficient (Wildman–Crippen LogP) is 3.12. The van der Waals surface area contributed by atoms with Gasteiger partial charge in [-0.25, -0.2) is 0 Å². The van der Waals surface area contributed by atoms with E-state index in [9.17, 15) is 5.11 Å². The molecule has 2 nitrogen and oxygen atoms in total. The number of hydrogen-bond acceptors (Lipinski definition) is 2. The van der Waals surface area contributed by atoms with Gasteiger partial charge in [-0.2, -0.15) is 0 Å². The van der Waals surface area contributed by atoms with Crippen LogP contribution in [0.5, 0.6) is 0 Å². The molecule has 1 saturated carbocycles. The smallest absolute Gasteiger partial charge is 0.0608 e. The van der Waals surface area contributed by atoms with E-state index in [2.05, 4.69) is 36.1 Å². The summed E-state index contributed by atoms with van der Waals surface area (Å²) in [6.07, 6.45) is 5.84. The van der Waals surface area contributed by atoms with Crippen LogP contribution in [0.1, 0.15) is 43.2 Å². The molecule has 0 aromatic heterocycles.